The van der Waals surface area contributed by atoms with Crippen LogP contribution in [-0.2, 0) is 16.1 Å². The van der Waals surface area contributed by atoms with Crippen LogP contribution in [0.15, 0.2) is 54.6 Å². The van der Waals surface area contributed by atoms with Crippen LogP contribution in [0.5, 0.6) is 6.01 Å². The first-order valence-corrected chi connectivity index (χ1v) is 11.6. The van der Waals surface area contributed by atoms with Gasteiger partial charge < -0.3 is 14.4 Å². The summed E-state index contributed by atoms with van der Waals surface area (Å²) in [4.78, 5) is 34.2. The van der Waals surface area contributed by atoms with Crippen LogP contribution in [-0.4, -0.2) is 75.8 Å². The molecule has 1 unspecified atom stereocenters. The van der Waals surface area contributed by atoms with Gasteiger partial charge in [0.1, 0.15) is 12.4 Å². The summed E-state index contributed by atoms with van der Waals surface area (Å²) in [6, 6.07) is 14.6. The number of carbonyl (C=O) groups is 2. The van der Waals surface area contributed by atoms with Crippen molar-refractivity contribution in [1.82, 2.24) is 24.6 Å². The molecular formula is C25H26FN5O4. The second kappa shape index (κ2) is 10.3. The monoisotopic (exact) mass is 479 g/mol. The summed E-state index contributed by atoms with van der Waals surface area (Å²) >= 11 is 0. The molecule has 10 heteroatoms. The number of hydrogen-bond acceptors (Lipinski definition) is 7. The number of morpholine rings is 1. The highest BCUT2D eigenvalue weighted by molar-refractivity contribution is 5.95. The SMILES string of the molecule is O=C(CN1CCC1c1nc(OCc2ccc(F)cc2)n(C(=O)c2ccccc2)n1)N1CCOCC1. The van der Waals surface area contributed by atoms with Crippen LogP contribution in [0, 0.1) is 5.82 Å². The van der Waals surface area contributed by atoms with Gasteiger partial charge in [0, 0.05) is 25.2 Å². The van der Waals surface area contributed by atoms with Crippen molar-refractivity contribution in [3.8, 4) is 6.01 Å². The summed E-state index contributed by atoms with van der Waals surface area (Å²) in [7, 11) is 0. The van der Waals surface area contributed by atoms with Gasteiger partial charge in [-0.2, -0.15) is 4.98 Å². The number of aromatic nitrogens is 3. The predicted octanol–water partition coefficient (Wildman–Crippen LogP) is 2.29. The molecule has 2 fully saturated rings. The Morgan fingerprint density at radius 3 is 2.46 bits per heavy atom. The van der Waals surface area contributed by atoms with Gasteiger partial charge >= 0.3 is 6.01 Å². The maximum Gasteiger partial charge on any atom is 0.323 e. The number of ether oxygens (including phenoxy) is 2. The second-order valence-electron chi connectivity index (χ2n) is 8.52. The molecule has 3 heterocycles. The van der Waals surface area contributed by atoms with Crippen molar-refractivity contribution in [2.24, 2.45) is 0 Å². The lowest BCUT2D eigenvalue weighted by molar-refractivity contribution is -0.138. The molecule has 1 atom stereocenters. The Kier molecular flexibility index (Phi) is 6.82. The minimum Gasteiger partial charge on any atom is -0.458 e. The molecule has 35 heavy (non-hydrogen) atoms. The van der Waals surface area contributed by atoms with E-state index < -0.39 is 0 Å². The highest BCUT2D eigenvalue weighted by Crippen LogP contribution is 2.32. The van der Waals surface area contributed by atoms with Crippen molar-refractivity contribution >= 4 is 11.8 Å². The lowest BCUT2D eigenvalue weighted by Gasteiger charge is -2.40. The molecule has 9 nitrogen and oxygen atoms in total. The number of likely N-dealkylation sites (tertiary alicyclic amines) is 1. The van der Waals surface area contributed by atoms with Crippen LogP contribution in [0.25, 0.3) is 0 Å². The molecule has 2 saturated heterocycles. The normalized spacial score (nSPS) is 18.2. The van der Waals surface area contributed by atoms with E-state index >= 15 is 0 Å². The molecule has 1 amide bonds. The van der Waals surface area contributed by atoms with Crippen molar-refractivity contribution in [3.05, 3.63) is 77.4 Å². The van der Waals surface area contributed by atoms with E-state index in [0.29, 0.717) is 37.7 Å². The Morgan fingerprint density at radius 2 is 1.77 bits per heavy atom. The number of nitrogens with zero attached hydrogens (tertiary/aromatic N) is 5. The molecular weight excluding hydrogens is 453 g/mol. The maximum absolute atomic E-state index is 13.2. The summed E-state index contributed by atoms with van der Waals surface area (Å²) in [6.07, 6.45) is 0.775. The van der Waals surface area contributed by atoms with Crippen molar-refractivity contribution < 1.29 is 23.5 Å². The third-order valence-electron chi connectivity index (χ3n) is 6.22. The van der Waals surface area contributed by atoms with Crippen LogP contribution >= 0.6 is 0 Å². The second-order valence-corrected chi connectivity index (χ2v) is 8.52. The standard InChI is InChI=1S/C25H26FN5O4/c26-20-8-6-18(7-9-20)17-35-25-27-23(28-31(25)24(33)19-4-2-1-3-5-19)21-10-11-30(21)16-22(32)29-12-14-34-15-13-29/h1-9,21H,10-17H2. The molecule has 1 aromatic heterocycles. The molecule has 3 aromatic rings. The van der Waals surface area contributed by atoms with Crippen molar-refractivity contribution in [3.63, 3.8) is 0 Å². The fourth-order valence-corrected chi connectivity index (χ4v) is 4.12. The first-order valence-electron chi connectivity index (χ1n) is 11.6. The zero-order chi connectivity index (χ0) is 24.2. The topological polar surface area (TPSA) is 89.8 Å². The summed E-state index contributed by atoms with van der Waals surface area (Å²) in [5, 5.41) is 4.49. The summed E-state index contributed by atoms with van der Waals surface area (Å²) in [5.41, 5.74) is 1.18. The van der Waals surface area contributed by atoms with Gasteiger partial charge in [0.25, 0.3) is 5.91 Å². The smallest absolute Gasteiger partial charge is 0.323 e. The van der Waals surface area contributed by atoms with Crippen molar-refractivity contribution in [2.75, 3.05) is 39.4 Å². The highest BCUT2D eigenvalue weighted by Gasteiger charge is 2.36. The quantitative estimate of drug-likeness (QED) is 0.514. The lowest BCUT2D eigenvalue weighted by atomic mass is 10.0. The van der Waals surface area contributed by atoms with E-state index in [-0.39, 0.29) is 42.8 Å². The zero-order valence-corrected chi connectivity index (χ0v) is 19.2. The Morgan fingerprint density at radius 1 is 1.03 bits per heavy atom. The highest BCUT2D eigenvalue weighted by atomic mass is 19.1. The maximum atomic E-state index is 13.2. The van der Waals surface area contributed by atoms with Gasteiger partial charge in [0.15, 0.2) is 5.82 Å². The van der Waals surface area contributed by atoms with E-state index in [9.17, 15) is 14.0 Å². The molecule has 2 aliphatic heterocycles. The number of amides is 1. The molecule has 5 rings (SSSR count). The Balaban J connectivity index is 1.35. The largest absolute Gasteiger partial charge is 0.458 e. The number of benzene rings is 2. The Labute approximate surface area is 202 Å². The van der Waals surface area contributed by atoms with Crippen LogP contribution < -0.4 is 4.74 Å². The van der Waals surface area contributed by atoms with Crippen LogP contribution in [0.2, 0.25) is 0 Å². The number of hydrogen-bond donors (Lipinski definition) is 0. The average molecular weight is 480 g/mol. The van der Waals surface area contributed by atoms with E-state index in [2.05, 4.69) is 10.1 Å². The van der Waals surface area contributed by atoms with E-state index in [4.69, 9.17) is 9.47 Å². The van der Waals surface area contributed by atoms with E-state index in [1.807, 2.05) is 11.0 Å². The lowest BCUT2D eigenvalue weighted by Crippen LogP contribution is -2.50. The van der Waals surface area contributed by atoms with Crippen molar-refractivity contribution in [2.45, 2.75) is 19.1 Å². The van der Waals surface area contributed by atoms with Crippen LogP contribution in [0.3, 0.4) is 0 Å². The summed E-state index contributed by atoms with van der Waals surface area (Å²) in [6.45, 7) is 3.40. The molecule has 0 radical (unpaired) electrons. The van der Waals surface area contributed by atoms with E-state index in [0.717, 1.165) is 23.2 Å². The molecule has 0 saturated carbocycles. The van der Waals surface area contributed by atoms with Crippen LogP contribution in [0.1, 0.15) is 34.2 Å². The van der Waals surface area contributed by atoms with Crippen molar-refractivity contribution in [1.29, 1.82) is 0 Å². The van der Waals surface area contributed by atoms with Gasteiger partial charge in [-0.05, 0) is 36.2 Å². The first-order chi connectivity index (χ1) is 17.1. The molecule has 0 spiro atoms. The number of carbonyl (C=O) groups excluding carboxylic acids is 2. The molecule has 0 aliphatic carbocycles. The summed E-state index contributed by atoms with van der Waals surface area (Å²) in [5.74, 6) is -0.223. The number of halogens is 1. The third kappa shape index (κ3) is 5.23. The van der Waals surface area contributed by atoms with Gasteiger partial charge in [0.05, 0.1) is 25.8 Å². The first kappa shape index (κ1) is 23.1. The average Bonchev–Trinajstić information content (AvgIpc) is 3.29. The Hall–Kier alpha value is -3.63. The van der Waals surface area contributed by atoms with Gasteiger partial charge in [-0.25, -0.2) is 4.39 Å². The molecule has 2 aromatic carbocycles. The summed E-state index contributed by atoms with van der Waals surface area (Å²) < 4.78 is 25.6. The third-order valence-corrected chi connectivity index (χ3v) is 6.22. The molecule has 0 bridgehead atoms. The molecule has 0 N–H and O–H groups in total. The fourth-order valence-electron chi connectivity index (χ4n) is 4.12. The van der Waals surface area contributed by atoms with E-state index in [1.54, 1.807) is 41.3 Å². The minimum absolute atomic E-state index is 0.0468. The minimum atomic E-state index is -0.367. The molecule has 2 aliphatic rings. The van der Waals surface area contributed by atoms with Gasteiger partial charge in [-0.15, -0.1) is 9.78 Å². The Bertz CT molecular complexity index is 1180. The van der Waals surface area contributed by atoms with Gasteiger partial charge in [-0.1, -0.05) is 30.3 Å². The number of rotatable bonds is 7. The zero-order valence-electron chi connectivity index (χ0n) is 19.2. The van der Waals surface area contributed by atoms with Crippen LogP contribution in [0.4, 0.5) is 4.39 Å². The fraction of sp³-hybridized carbons (Fsp3) is 0.360. The predicted molar refractivity (Wildman–Crippen MR) is 123 cm³/mol. The van der Waals surface area contributed by atoms with Gasteiger partial charge in [0.2, 0.25) is 5.91 Å². The van der Waals surface area contributed by atoms with E-state index in [1.165, 1.54) is 12.1 Å². The molecule has 182 valence electrons. The van der Waals surface area contributed by atoms with Gasteiger partial charge in [-0.3, -0.25) is 14.5 Å².